The second-order valence-electron chi connectivity index (χ2n) is 4.57. The minimum Gasteiger partial charge on any atom is -0.482 e. The number of carbonyl (C=O) groups excluding carboxylic acids is 2. The molecule has 0 saturated carbocycles. The topological polar surface area (TPSA) is 111 Å². The van der Waals surface area contributed by atoms with Crippen molar-refractivity contribution in [2.75, 3.05) is 39.5 Å². The van der Waals surface area contributed by atoms with E-state index in [0.717, 1.165) is 6.54 Å². The molecule has 0 aliphatic carbocycles. The zero-order chi connectivity index (χ0) is 15.1. The third-order valence-electron chi connectivity index (χ3n) is 2.49. The van der Waals surface area contributed by atoms with E-state index in [-0.39, 0.29) is 18.2 Å². The Balaban J connectivity index is 2.61. The molecular weight excluding hydrogens is 260 g/mol. The summed E-state index contributed by atoms with van der Waals surface area (Å²) in [5.74, 6) is -0.469. The molecule has 0 radical (unpaired) electrons. The Morgan fingerprint density at radius 2 is 2.05 bits per heavy atom. The smallest absolute Gasteiger partial charge is 0.255 e. The van der Waals surface area contributed by atoms with Gasteiger partial charge in [0, 0.05) is 18.7 Å². The van der Waals surface area contributed by atoms with Crippen LogP contribution in [0.15, 0.2) is 18.2 Å². The molecule has 0 fully saturated rings. The van der Waals surface area contributed by atoms with E-state index >= 15 is 0 Å². The largest absolute Gasteiger partial charge is 0.482 e. The van der Waals surface area contributed by atoms with Gasteiger partial charge in [-0.3, -0.25) is 9.59 Å². The molecule has 1 rings (SSSR count). The van der Waals surface area contributed by atoms with Gasteiger partial charge < -0.3 is 26.4 Å². The van der Waals surface area contributed by atoms with Gasteiger partial charge in [0.25, 0.3) is 11.8 Å². The van der Waals surface area contributed by atoms with Crippen molar-refractivity contribution in [3.8, 4) is 5.75 Å². The number of nitrogens with zero attached hydrogens (tertiary/aromatic N) is 1. The molecule has 0 aliphatic heterocycles. The number of anilines is 1. The molecule has 7 nitrogen and oxygen atoms in total. The van der Waals surface area contributed by atoms with Crippen molar-refractivity contribution in [1.29, 1.82) is 0 Å². The fourth-order valence-corrected chi connectivity index (χ4v) is 1.47. The number of primary amides is 1. The molecule has 0 spiro atoms. The summed E-state index contributed by atoms with van der Waals surface area (Å²) in [6.07, 6.45) is 0. The van der Waals surface area contributed by atoms with E-state index in [2.05, 4.69) is 5.32 Å². The Morgan fingerprint density at radius 3 is 2.60 bits per heavy atom. The number of carbonyl (C=O) groups is 2. The SMILES string of the molecule is CN(C)CCNC(=O)c1ccc(OCC(N)=O)c(N)c1. The Morgan fingerprint density at radius 1 is 1.35 bits per heavy atom. The number of ether oxygens (including phenoxy) is 1. The van der Waals surface area contributed by atoms with Gasteiger partial charge in [-0.2, -0.15) is 0 Å². The number of rotatable bonds is 7. The van der Waals surface area contributed by atoms with Crippen LogP contribution in [-0.2, 0) is 4.79 Å². The molecule has 20 heavy (non-hydrogen) atoms. The van der Waals surface area contributed by atoms with E-state index in [1.165, 1.54) is 6.07 Å². The number of hydrogen-bond donors (Lipinski definition) is 3. The van der Waals surface area contributed by atoms with Crippen LogP contribution < -0.4 is 21.5 Å². The fourth-order valence-electron chi connectivity index (χ4n) is 1.47. The lowest BCUT2D eigenvalue weighted by Gasteiger charge is -2.11. The zero-order valence-electron chi connectivity index (χ0n) is 11.7. The minimum absolute atomic E-state index is 0.208. The number of likely N-dealkylation sites (N-methyl/N-ethyl adjacent to an activating group) is 1. The van der Waals surface area contributed by atoms with Crippen LogP contribution in [0.2, 0.25) is 0 Å². The molecule has 1 aromatic rings. The van der Waals surface area contributed by atoms with Crippen molar-refractivity contribution in [2.24, 2.45) is 5.73 Å². The van der Waals surface area contributed by atoms with Crippen LogP contribution in [0.1, 0.15) is 10.4 Å². The van der Waals surface area contributed by atoms with Gasteiger partial charge in [-0.05, 0) is 32.3 Å². The van der Waals surface area contributed by atoms with Gasteiger partial charge in [0.05, 0.1) is 5.69 Å². The van der Waals surface area contributed by atoms with Crippen molar-refractivity contribution in [1.82, 2.24) is 10.2 Å². The lowest BCUT2D eigenvalue weighted by Crippen LogP contribution is -2.31. The van der Waals surface area contributed by atoms with Crippen molar-refractivity contribution in [2.45, 2.75) is 0 Å². The molecule has 1 aromatic carbocycles. The maximum atomic E-state index is 11.9. The molecule has 0 saturated heterocycles. The third kappa shape index (κ3) is 5.15. The summed E-state index contributed by atoms with van der Waals surface area (Å²) in [7, 11) is 3.85. The maximum Gasteiger partial charge on any atom is 0.255 e. The first-order valence-corrected chi connectivity index (χ1v) is 6.13. The summed E-state index contributed by atoms with van der Waals surface area (Å²) in [4.78, 5) is 24.4. The number of nitrogen functional groups attached to an aromatic ring is 1. The standard InChI is InChI=1S/C13H20N4O3/c1-17(2)6-5-16-13(19)9-3-4-11(10(14)7-9)20-8-12(15)18/h3-4,7H,5-6,8,14H2,1-2H3,(H2,15,18)(H,16,19). The Hall–Kier alpha value is -2.28. The second-order valence-corrected chi connectivity index (χ2v) is 4.57. The molecule has 0 aromatic heterocycles. The summed E-state index contributed by atoms with van der Waals surface area (Å²) in [5.41, 5.74) is 11.5. The van der Waals surface area contributed by atoms with Crippen LogP contribution >= 0.6 is 0 Å². The highest BCUT2D eigenvalue weighted by Gasteiger charge is 2.09. The van der Waals surface area contributed by atoms with Gasteiger partial charge in [0.1, 0.15) is 5.75 Å². The third-order valence-corrected chi connectivity index (χ3v) is 2.49. The number of hydrogen-bond acceptors (Lipinski definition) is 5. The summed E-state index contributed by atoms with van der Waals surface area (Å²) < 4.78 is 5.11. The summed E-state index contributed by atoms with van der Waals surface area (Å²) >= 11 is 0. The van der Waals surface area contributed by atoms with Crippen LogP contribution in [0.4, 0.5) is 5.69 Å². The number of nitrogens with two attached hydrogens (primary N) is 2. The van der Waals surface area contributed by atoms with Gasteiger partial charge in [-0.25, -0.2) is 0 Å². The highest BCUT2D eigenvalue weighted by Crippen LogP contribution is 2.22. The highest BCUT2D eigenvalue weighted by atomic mass is 16.5. The van der Waals surface area contributed by atoms with Crippen molar-refractivity contribution in [3.63, 3.8) is 0 Å². The van der Waals surface area contributed by atoms with Crippen molar-refractivity contribution in [3.05, 3.63) is 23.8 Å². The summed E-state index contributed by atoms with van der Waals surface area (Å²) in [6, 6.07) is 4.62. The summed E-state index contributed by atoms with van der Waals surface area (Å²) in [5, 5.41) is 2.78. The fraction of sp³-hybridized carbons (Fsp3) is 0.385. The van der Waals surface area contributed by atoms with Crippen molar-refractivity contribution < 1.29 is 14.3 Å². The predicted octanol–water partition coefficient (Wildman–Crippen LogP) is -0.576. The number of benzene rings is 1. The van der Waals surface area contributed by atoms with Crippen LogP contribution in [0.5, 0.6) is 5.75 Å². The lowest BCUT2D eigenvalue weighted by molar-refractivity contribution is -0.119. The molecule has 0 unspecified atom stereocenters. The molecule has 0 atom stereocenters. The zero-order valence-corrected chi connectivity index (χ0v) is 11.7. The van der Waals surface area contributed by atoms with Crippen LogP contribution in [-0.4, -0.2) is 50.5 Å². The molecule has 2 amide bonds. The molecule has 110 valence electrons. The normalized spacial score (nSPS) is 10.3. The van der Waals surface area contributed by atoms with E-state index in [4.69, 9.17) is 16.2 Å². The van der Waals surface area contributed by atoms with Gasteiger partial charge in [-0.15, -0.1) is 0 Å². The molecular formula is C13H20N4O3. The first-order chi connectivity index (χ1) is 9.40. The van der Waals surface area contributed by atoms with E-state index in [9.17, 15) is 9.59 Å². The van der Waals surface area contributed by atoms with E-state index in [1.54, 1.807) is 12.1 Å². The molecule has 7 heteroatoms. The monoisotopic (exact) mass is 280 g/mol. The van der Waals surface area contributed by atoms with E-state index in [1.807, 2.05) is 19.0 Å². The molecule has 0 heterocycles. The van der Waals surface area contributed by atoms with Crippen molar-refractivity contribution >= 4 is 17.5 Å². The summed E-state index contributed by atoms with van der Waals surface area (Å²) in [6.45, 7) is 1.05. The molecule has 0 bridgehead atoms. The van der Waals surface area contributed by atoms with Gasteiger partial charge in [0.15, 0.2) is 6.61 Å². The van der Waals surface area contributed by atoms with Crippen LogP contribution in [0.25, 0.3) is 0 Å². The molecule has 0 aliphatic rings. The van der Waals surface area contributed by atoms with Gasteiger partial charge in [-0.1, -0.05) is 0 Å². The Bertz CT molecular complexity index is 489. The highest BCUT2D eigenvalue weighted by molar-refractivity contribution is 5.95. The van der Waals surface area contributed by atoms with Crippen LogP contribution in [0.3, 0.4) is 0 Å². The first kappa shape index (κ1) is 15.8. The van der Waals surface area contributed by atoms with Crippen LogP contribution in [0, 0.1) is 0 Å². The first-order valence-electron chi connectivity index (χ1n) is 6.13. The number of nitrogens with one attached hydrogen (secondary N) is 1. The van der Waals surface area contributed by atoms with Gasteiger partial charge in [0.2, 0.25) is 0 Å². The maximum absolute atomic E-state index is 11.9. The van der Waals surface area contributed by atoms with Gasteiger partial charge >= 0.3 is 0 Å². The quantitative estimate of drug-likeness (QED) is 0.579. The van der Waals surface area contributed by atoms with E-state index < -0.39 is 5.91 Å². The Kier molecular flexibility index (Phi) is 5.79. The average molecular weight is 280 g/mol. The predicted molar refractivity (Wildman–Crippen MR) is 76.4 cm³/mol. The number of amides is 2. The van der Waals surface area contributed by atoms with E-state index in [0.29, 0.717) is 17.9 Å². The minimum atomic E-state index is -0.588. The second kappa shape index (κ2) is 7.34. The molecule has 5 N–H and O–H groups in total. The lowest BCUT2D eigenvalue weighted by atomic mass is 10.1. The Labute approximate surface area is 117 Å². The average Bonchev–Trinajstić information content (AvgIpc) is 2.36.